The van der Waals surface area contributed by atoms with Crippen molar-refractivity contribution in [2.45, 2.75) is 20.4 Å². The number of nitrogens with zero attached hydrogens (tertiary/aromatic N) is 2. The number of aromatic nitrogens is 2. The topological polar surface area (TPSA) is 75.3 Å². The van der Waals surface area contributed by atoms with Crippen LogP contribution < -0.4 is 11.2 Å². The molecule has 19 heavy (non-hydrogen) atoms. The van der Waals surface area contributed by atoms with Crippen LogP contribution in [-0.2, 0) is 6.54 Å². The van der Waals surface area contributed by atoms with Gasteiger partial charge in [-0.05, 0) is 30.9 Å². The van der Waals surface area contributed by atoms with Gasteiger partial charge in [0.2, 0.25) is 0 Å². The average molecular weight is 258 g/mol. The summed E-state index contributed by atoms with van der Waals surface area (Å²) in [7, 11) is -1.51. The second-order valence-electron chi connectivity index (χ2n) is 4.53. The van der Waals surface area contributed by atoms with E-state index in [0.717, 1.165) is 11.3 Å². The van der Waals surface area contributed by atoms with Crippen LogP contribution in [0, 0.1) is 13.8 Å². The van der Waals surface area contributed by atoms with E-state index in [9.17, 15) is 4.79 Å². The number of hydrogen-bond acceptors (Lipinski definition) is 4. The zero-order valence-electron chi connectivity index (χ0n) is 10.9. The molecule has 0 saturated heterocycles. The molecule has 0 amide bonds. The van der Waals surface area contributed by atoms with Crippen molar-refractivity contribution in [3.05, 3.63) is 57.8 Å². The predicted molar refractivity (Wildman–Crippen MR) is 73.3 cm³/mol. The molecule has 0 fully saturated rings. The first-order valence-electron chi connectivity index (χ1n) is 5.97. The summed E-state index contributed by atoms with van der Waals surface area (Å²) in [4.78, 5) is 15.7. The molecule has 0 bridgehead atoms. The van der Waals surface area contributed by atoms with Gasteiger partial charge in [-0.2, -0.15) is 4.98 Å². The van der Waals surface area contributed by atoms with Crippen molar-refractivity contribution in [3.63, 3.8) is 0 Å². The summed E-state index contributed by atoms with van der Waals surface area (Å²) in [5.41, 5.74) is 2.45. The highest BCUT2D eigenvalue weighted by Gasteiger charge is 2.11. The van der Waals surface area contributed by atoms with Crippen LogP contribution in [0.1, 0.15) is 17.0 Å². The summed E-state index contributed by atoms with van der Waals surface area (Å²) in [5.74, 6) is 0. The fraction of sp³-hybridized carbons (Fsp3) is 0.231. The molecule has 5 nitrogen and oxygen atoms in total. The molecular formula is C13H15BN2O3. The molecule has 0 radical (unpaired) electrons. The molecule has 6 heteroatoms. The van der Waals surface area contributed by atoms with E-state index in [2.05, 4.69) is 4.98 Å². The lowest BCUT2D eigenvalue weighted by Crippen LogP contribution is -2.31. The monoisotopic (exact) mass is 258 g/mol. The molecule has 98 valence electrons. The molecule has 0 aliphatic rings. The Morgan fingerprint density at radius 1 is 1.26 bits per heavy atom. The van der Waals surface area contributed by atoms with E-state index >= 15 is 0 Å². The van der Waals surface area contributed by atoms with Crippen LogP contribution in [-0.4, -0.2) is 26.7 Å². The maximum absolute atomic E-state index is 11.8. The van der Waals surface area contributed by atoms with E-state index in [1.807, 2.05) is 19.1 Å². The van der Waals surface area contributed by atoms with Gasteiger partial charge in [0.15, 0.2) is 0 Å². The minimum atomic E-state index is -1.51. The molecule has 0 atom stereocenters. The van der Waals surface area contributed by atoms with Gasteiger partial charge in [-0.3, -0.25) is 4.57 Å². The molecule has 2 rings (SSSR count). The van der Waals surface area contributed by atoms with Gasteiger partial charge in [0.05, 0.1) is 6.54 Å². The van der Waals surface area contributed by atoms with Gasteiger partial charge in [-0.1, -0.05) is 24.3 Å². The van der Waals surface area contributed by atoms with Crippen molar-refractivity contribution < 1.29 is 10.0 Å². The molecule has 0 unspecified atom stereocenters. The van der Waals surface area contributed by atoms with Crippen LogP contribution in [0.4, 0.5) is 0 Å². The largest absolute Gasteiger partial charge is 0.488 e. The van der Waals surface area contributed by atoms with E-state index < -0.39 is 7.12 Å². The molecule has 0 aliphatic heterocycles. The van der Waals surface area contributed by atoms with Gasteiger partial charge in [-0.25, -0.2) is 4.79 Å². The Kier molecular flexibility index (Phi) is 3.83. The molecule has 1 aromatic heterocycles. The van der Waals surface area contributed by atoms with Crippen molar-refractivity contribution >= 4 is 12.6 Å². The first-order chi connectivity index (χ1) is 8.97. The zero-order valence-corrected chi connectivity index (χ0v) is 10.9. The lowest BCUT2D eigenvalue weighted by atomic mass is 9.79. The molecule has 1 heterocycles. The van der Waals surface area contributed by atoms with Crippen molar-refractivity contribution in [2.75, 3.05) is 0 Å². The third-order valence-electron chi connectivity index (χ3n) is 2.94. The van der Waals surface area contributed by atoms with Gasteiger partial charge in [0.25, 0.3) is 0 Å². The summed E-state index contributed by atoms with van der Waals surface area (Å²) < 4.78 is 1.55. The Balaban J connectivity index is 2.37. The minimum Gasteiger partial charge on any atom is -0.423 e. The van der Waals surface area contributed by atoms with E-state index in [4.69, 9.17) is 10.0 Å². The molecule has 0 spiro atoms. The third-order valence-corrected chi connectivity index (χ3v) is 2.94. The Morgan fingerprint density at radius 3 is 2.63 bits per heavy atom. The quantitative estimate of drug-likeness (QED) is 0.734. The summed E-state index contributed by atoms with van der Waals surface area (Å²) in [6, 6.07) is 8.68. The van der Waals surface area contributed by atoms with Crippen LogP contribution in [0.3, 0.4) is 0 Å². The number of benzene rings is 1. The molecule has 2 N–H and O–H groups in total. The average Bonchev–Trinajstić information content (AvgIpc) is 2.34. The predicted octanol–water partition coefficient (Wildman–Crippen LogP) is -0.412. The highest BCUT2D eigenvalue weighted by molar-refractivity contribution is 6.58. The second-order valence-corrected chi connectivity index (χ2v) is 4.53. The Hall–Kier alpha value is -1.92. The van der Waals surface area contributed by atoms with Crippen LogP contribution in [0.5, 0.6) is 0 Å². The van der Waals surface area contributed by atoms with Crippen LogP contribution in [0.15, 0.2) is 35.1 Å². The molecular weight excluding hydrogens is 243 g/mol. The third kappa shape index (κ3) is 3.10. The van der Waals surface area contributed by atoms with Gasteiger partial charge >= 0.3 is 12.8 Å². The number of aryl methyl sites for hydroxylation is 2. The zero-order chi connectivity index (χ0) is 14.0. The SMILES string of the molecule is Cc1cc(C)n(Cc2cccc(B(O)O)c2)c(=O)n1. The second kappa shape index (κ2) is 5.38. The van der Waals surface area contributed by atoms with Crippen molar-refractivity contribution in [1.82, 2.24) is 9.55 Å². The van der Waals surface area contributed by atoms with Gasteiger partial charge in [0, 0.05) is 11.4 Å². The maximum Gasteiger partial charge on any atom is 0.488 e. The molecule has 0 saturated carbocycles. The smallest absolute Gasteiger partial charge is 0.423 e. The fourth-order valence-electron chi connectivity index (χ4n) is 2.00. The first-order valence-corrected chi connectivity index (χ1v) is 5.97. The van der Waals surface area contributed by atoms with Gasteiger partial charge in [0.1, 0.15) is 0 Å². The Labute approximate surface area is 111 Å². The van der Waals surface area contributed by atoms with E-state index in [-0.39, 0.29) is 5.69 Å². The van der Waals surface area contributed by atoms with E-state index in [0.29, 0.717) is 17.7 Å². The normalized spacial score (nSPS) is 10.5. The molecule has 0 aliphatic carbocycles. The van der Waals surface area contributed by atoms with Crippen LogP contribution >= 0.6 is 0 Å². The number of rotatable bonds is 3. The Bertz CT molecular complexity index is 653. The standard InChI is InChI=1S/C13H15BN2O3/c1-9-6-10(2)16(13(17)15-9)8-11-4-3-5-12(7-11)14(18)19/h3-7,18-19H,8H2,1-2H3. The van der Waals surface area contributed by atoms with Gasteiger partial charge < -0.3 is 10.0 Å². The van der Waals surface area contributed by atoms with E-state index in [1.54, 1.807) is 29.7 Å². The first kappa shape index (κ1) is 13.5. The van der Waals surface area contributed by atoms with Crippen LogP contribution in [0.2, 0.25) is 0 Å². The molecule has 2 aromatic rings. The van der Waals surface area contributed by atoms with E-state index in [1.165, 1.54) is 0 Å². The fourth-order valence-corrected chi connectivity index (χ4v) is 2.00. The van der Waals surface area contributed by atoms with Gasteiger partial charge in [-0.15, -0.1) is 0 Å². The van der Waals surface area contributed by atoms with Crippen LogP contribution in [0.25, 0.3) is 0 Å². The summed E-state index contributed by atoms with van der Waals surface area (Å²) in [6.07, 6.45) is 0. The molecule has 1 aromatic carbocycles. The highest BCUT2D eigenvalue weighted by atomic mass is 16.4. The Morgan fingerprint density at radius 2 is 2.00 bits per heavy atom. The highest BCUT2D eigenvalue weighted by Crippen LogP contribution is 2.03. The summed E-state index contributed by atoms with van der Waals surface area (Å²) in [5, 5.41) is 18.3. The lowest BCUT2D eigenvalue weighted by Gasteiger charge is -2.10. The lowest BCUT2D eigenvalue weighted by molar-refractivity contribution is 0.425. The van der Waals surface area contributed by atoms with Crippen molar-refractivity contribution in [2.24, 2.45) is 0 Å². The summed E-state index contributed by atoms with van der Waals surface area (Å²) >= 11 is 0. The van der Waals surface area contributed by atoms with Crippen molar-refractivity contribution in [3.8, 4) is 0 Å². The summed E-state index contributed by atoms with van der Waals surface area (Å²) in [6.45, 7) is 3.99. The number of hydrogen-bond donors (Lipinski definition) is 2. The van der Waals surface area contributed by atoms with Crippen molar-refractivity contribution in [1.29, 1.82) is 0 Å². The minimum absolute atomic E-state index is 0.299. The maximum atomic E-state index is 11.8.